The number of hydrogen-bond donors (Lipinski definition) is 0. The third-order valence-corrected chi connectivity index (χ3v) is 3.97. The van der Waals surface area contributed by atoms with Crippen molar-refractivity contribution in [1.29, 1.82) is 0 Å². The largest absolute Gasteiger partial charge is 0.299 e. The zero-order chi connectivity index (χ0) is 12.4. The fraction of sp³-hybridized carbons (Fsp3) is 0.438. The topological polar surface area (TPSA) is 16.1 Å². The van der Waals surface area contributed by atoms with Crippen molar-refractivity contribution in [3.05, 3.63) is 41.7 Å². The Kier molecular flexibility index (Phi) is 3.28. The molecule has 1 fully saturated rings. The lowest BCUT2D eigenvalue weighted by atomic mass is 10.0. The molecule has 0 N–H and O–H groups in total. The number of rotatable bonds is 2. The van der Waals surface area contributed by atoms with Gasteiger partial charge in [-0.3, -0.25) is 9.88 Å². The highest BCUT2D eigenvalue weighted by molar-refractivity contribution is 5.87. The number of nitrogens with zero attached hydrogens (tertiary/aromatic N) is 2. The summed E-state index contributed by atoms with van der Waals surface area (Å²) in [6.07, 6.45) is 8.00. The van der Waals surface area contributed by atoms with Gasteiger partial charge in [-0.25, -0.2) is 0 Å². The van der Waals surface area contributed by atoms with Gasteiger partial charge in [0.25, 0.3) is 0 Å². The number of hydrogen-bond acceptors (Lipinski definition) is 2. The molecule has 0 radical (unpaired) electrons. The van der Waals surface area contributed by atoms with Crippen LogP contribution in [0.4, 0.5) is 0 Å². The zero-order valence-electron chi connectivity index (χ0n) is 11.0. The molecule has 0 unspecified atom stereocenters. The first-order valence-corrected chi connectivity index (χ1v) is 6.89. The van der Waals surface area contributed by atoms with Crippen LogP contribution in [0.15, 0.2) is 30.6 Å². The molecule has 94 valence electrons. The molecule has 0 amide bonds. The van der Waals surface area contributed by atoms with Gasteiger partial charge in [0.15, 0.2) is 0 Å². The molecule has 3 rings (SSSR count). The van der Waals surface area contributed by atoms with E-state index < -0.39 is 0 Å². The highest BCUT2D eigenvalue weighted by Gasteiger charge is 2.12. The molecule has 18 heavy (non-hydrogen) atoms. The Morgan fingerprint density at radius 3 is 2.72 bits per heavy atom. The Balaban J connectivity index is 1.94. The van der Waals surface area contributed by atoms with Crippen molar-refractivity contribution >= 4 is 10.8 Å². The number of fused-ring (bicyclic) bond motifs is 1. The van der Waals surface area contributed by atoms with Crippen LogP contribution in [0.1, 0.15) is 30.4 Å². The fourth-order valence-corrected chi connectivity index (χ4v) is 2.89. The standard InChI is InChI=1S/C16H20N2/c1-13-5-6-14(12-18-9-3-2-4-10-18)15-7-8-17-11-16(13)15/h5-8,11H,2-4,9-10,12H2,1H3. The molecule has 2 heterocycles. The molecule has 0 spiro atoms. The van der Waals surface area contributed by atoms with Crippen LogP contribution in [0.5, 0.6) is 0 Å². The van der Waals surface area contributed by atoms with Crippen LogP contribution in [-0.2, 0) is 6.54 Å². The van der Waals surface area contributed by atoms with Crippen molar-refractivity contribution in [1.82, 2.24) is 9.88 Å². The molecule has 0 atom stereocenters. The summed E-state index contributed by atoms with van der Waals surface area (Å²) >= 11 is 0. The SMILES string of the molecule is Cc1ccc(CN2CCCCC2)c2ccncc12. The smallest absolute Gasteiger partial charge is 0.0349 e. The minimum atomic E-state index is 1.08. The molecule has 2 aromatic rings. The van der Waals surface area contributed by atoms with Gasteiger partial charge in [0.2, 0.25) is 0 Å². The van der Waals surface area contributed by atoms with Crippen molar-refractivity contribution in [2.75, 3.05) is 13.1 Å². The van der Waals surface area contributed by atoms with E-state index in [4.69, 9.17) is 0 Å². The van der Waals surface area contributed by atoms with Crippen LogP contribution in [0, 0.1) is 6.92 Å². The first-order chi connectivity index (χ1) is 8.84. The lowest BCUT2D eigenvalue weighted by Crippen LogP contribution is -2.29. The summed E-state index contributed by atoms with van der Waals surface area (Å²) in [6, 6.07) is 6.66. The highest BCUT2D eigenvalue weighted by atomic mass is 15.1. The Labute approximate surface area is 109 Å². The summed E-state index contributed by atoms with van der Waals surface area (Å²) in [5.74, 6) is 0. The van der Waals surface area contributed by atoms with E-state index in [0.717, 1.165) is 6.54 Å². The molecular formula is C16H20N2. The van der Waals surface area contributed by atoms with Gasteiger partial charge in [-0.2, -0.15) is 0 Å². The van der Waals surface area contributed by atoms with Gasteiger partial charge in [0.05, 0.1) is 0 Å². The molecular weight excluding hydrogens is 220 g/mol. The molecule has 0 aliphatic carbocycles. The monoisotopic (exact) mass is 240 g/mol. The normalized spacial score (nSPS) is 17.2. The Morgan fingerprint density at radius 2 is 1.89 bits per heavy atom. The second kappa shape index (κ2) is 5.07. The van der Waals surface area contributed by atoms with Gasteiger partial charge in [-0.1, -0.05) is 18.6 Å². The van der Waals surface area contributed by atoms with E-state index in [2.05, 4.69) is 35.0 Å². The summed E-state index contributed by atoms with van der Waals surface area (Å²) in [5.41, 5.74) is 2.76. The van der Waals surface area contributed by atoms with Crippen LogP contribution < -0.4 is 0 Å². The number of pyridine rings is 1. The van der Waals surface area contributed by atoms with E-state index in [-0.39, 0.29) is 0 Å². The number of aryl methyl sites for hydroxylation is 1. The van der Waals surface area contributed by atoms with Crippen molar-refractivity contribution in [3.63, 3.8) is 0 Å². The highest BCUT2D eigenvalue weighted by Crippen LogP contribution is 2.23. The van der Waals surface area contributed by atoms with Gasteiger partial charge in [-0.05, 0) is 55.4 Å². The first kappa shape index (κ1) is 11.7. The zero-order valence-corrected chi connectivity index (χ0v) is 11.0. The van der Waals surface area contributed by atoms with E-state index in [1.807, 2.05) is 12.4 Å². The number of benzene rings is 1. The maximum Gasteiger partial charge on any atom is 0.0349 e. The lowest BCUT2D eigenvalue weighted by molar-refractivity contribution is 0.221. The summed E-state index contributed by atoms with van der Waals surface area (Å²) in [7, 11) is 0. The number of piperidine rings is 1. The van der Waals surface area contributed by atoms with E-state index in [1.165, 1.54) is 54.3 Å². The third kappa shape index (κ3) is 2.25. The van der Waals surface area contributed by atoms with Crippen LogP contribution in [-0.4, -0.2) is 23.0 Å². The van der Waals surface area contributed by atoms with E-state index in [1.54, 1.807) is 0 Å². The predicted octanol–water partition coefficient (Wildman–Crippen LogP) is 3.53. The van der Waals surface area contributed by atoms with E-state index in [0.29, 0.717) is 0 Å². The molecule has 2 nitrogen and oxygen atoms in total. The summed E-state index contributed by atoms with van der Waals surface area (Å²) in [5, 5.41) is 2.67. The maximum absolute atomic E-state index is 4.25. The van der Waals surface area contributed by atoms with Crippen LogP contribution in [0.3, 0.4) is 0 Å². The quantitative estimate of drug-likeness (QED) is 0.798. The van der Waals surface area contributed by atoms with Gasteiger partial charge < -0.3 is 0 Å². The van der Waals surface area contributed by atoms with Gasteiger partial charge >= 0.3 is 0 Å². The Morgan fingerprint density at radius 1 is 1.06 bits per heavy atom. The Bertz CT molecular complexity index is 542. The molecule has 1 aromatic heterocycles. The summed E-state index contributed by atoms with van der Waals surface area (Å²) in [4.78, 5) is 6.83. The average Bonchev–Trinajstić information content (AvgIpc) is 2.44. The third-order valence-electron chi connectivity index (χ3n) is 3.97. The minimum absolute atomic E-state index is 1.08. The fourth-order valence-electron chi connectivity index (χ4n) is 2.89. The number of likely N-dealkylation sites (tertiary alicyclic amines) is 1. The summed E-state index contributed by atoms with van der Waals surface area (Å²) in [6.45, 7) is 5.75. The van der Waals surface area contributed by atoms with Crippen LogP contribution >= 0.6 is 0 Å². The van der Waals surface area contributed by atoms with Gasteiger partial charge in [-0.15, -0.1) is 0 Å². The second-order valence-electron chi connectivity index (χ2n) is 5.30. The average molecular weight is 240 g/mol. The van der Waals surface area contributed by atoms with E-state index in [9.17, 15) is 0 Å². The lowest BCUT2D eigenvalue weighted by Gasteiger charge is -2.27. The van der Waals surface area contributed by atoms with Crippen LogP contribution in [0.2, 0.25) is 0 Å². The van der Waals surface area contributed by atoms with Crippen molar-refractivity contribution in [2.24, 2.45) is 0 Å². The molecule has 0 saturated carbocycles. The first-order valence-electron chi connectivity index (χ1n) is 6.89. The molecule has 1 aliphatic rings. The molecule has 1 aromatic carbocycles. The summed E-state index contributed by atoms with van der Waals surface area (Å²) < 4.78 is 0. The Hall–Kier alpha value is -1.41. The minimum Gasteiger partial charge on any atom is -0.299 e. The predicted molar refractivity (Wildman–Crippen MR) is 75.6 cm³/mol. The van der Waals surface area contributed by atoms with Gasteiger partial charge in [0, 0.05) is 24.3 Å². The van der Waals surface area contributed by atoms with Gasteiger partial charge in [0.1, 0.15) is 0 Å². The van der Waals surface area contributed by atoms with Crippen LogP contribution in [0.25, 0.3) is 10.8 Å². The molecule has 1 aliphatic heterocycles. The van der Waals surface area contributed by atoms with Crippen molar-refractivity contribution < 1.29 is 0 Å². The van der Waals surface area contributed by atoms with E-state index >= 15 is 0 Å². The van der Waals surface area contributed by atoms with Crippen molar-refractivity contribution in [2.45, 2.75) is 32.7 Å². The number of aromatic nitrogens is 1. The maximum atomic E-state index is 4.25. The molecule has 1 saturated heterocycles. The van der Waals surface area contributed by atoms with Crippen molar-refractivity contribution in [3.8, 4) is 0 Å². The molecule has 0 bridgehead atoms. The second-order valence-corrected chi connectivity index (χ2v) is 5.30. The molecule has 2 heteroatoms.